The highest BCUT2D eigenvalue weighted by Crippen LogP contribution is 2.24. The molecular formula is C18H22N6O. The fourth-order valence-electron chi connectivity index (χ4n) is 3.36. The SMILES string of the molecule is Cc1ccc2nc(CNC(=O)c3cn[nH]c3C3CCCCN3)[nH]c2c1. The second kappa shape index (κ2) is 6.68. The zero-order valence-electron chi connectivity index (χ0n) is 14.2. The smallest absolute Gasteiger partial charge is 0.255 e. The van der Waals surface area contributed by atoms with Gasteiger partial charge in [-0.25, -0.2) is 4.98 Å². The molecule has 1 aliphatic rings. The minimum absolute atomic E-state index is 0.132. The van der Waals surface area contributed by atoms with Crippen LogP contribution in [0.4, 0.5) is 0 Å². The number of fused-ring (bicyclic) bond motifs is 1. The van der Waals surface area contributed by atoms with Gasteiger partial charge >= 0.3 is 0 Å². The summed E-state index contributed by atoms with van der Waals surface area (Å²) in [5, 5.41) is 13.4. The van der Waals surface area contributed by atoms with E-state index in [0.29, 0.717) is 12.1 Å². The first kappa shape index (κ1) is 15.8. The maximum atomic E-state index is 12.6. The molecule has 4 N–H and O–H groups in total. The molecular weight excluding hydrogens is 316 g/mol. The molecule has 1 atom stereocenters. The van der Waals surface area contributed by atoms with Gasteiger partial charge in [-0.2, -0.15) is 5.10 Å². The molecule has 25 heavy (non-hydrogen) atoms. The molecule has 0 saturated carbocycles. The summed E-state index contributed by atoms with van der Waals surface area (Å²) in [6, 6.07) is 6.23. The van der Waals surface area contributed by atoms with E-state index >= 15 is 0 Å². The number of imidazole rings is 1. The highest BCUT2D eigenvalue weighted by molar-refractivity contribution is 5.95. The summed E-state index contributed by atoms with van der Waals surface area (Å²) in [7, 11) is 0. The zero-order valence-corrected chi connectivity index (χ0v) is 14.2. The lowest BCUT2D eigenvalue weighted by Gasteiger charge is -2.23. The molecule has 0 bridgehead atoms. The predicted octanol–water partition coefficient (Wildman–Crippen LogP) is 2.34. The lowest BCUT2D eigenvalue weighted by Crippen LogP contribution is -2.30. The van der Waals surface area contributed by atoms with Crippen LogP contribution in [0, 0.1) is 6.92 Å². The van der Waals surface area contributed by atoms with Crippen LogP contribution < -0.4 is 10.6 Å². The molecule has 3 aromatic rings. The zero-order chi connectivity index (χ0) is 17.2. The normalized spacial score (nSPS) is 17.7. The van der Waals surface area contributed by atoms with E-state index in [4.69, 9.17) is 0 Å². The molecule has 1 amide bonds. The Bertz CT molecular complexity index is 890. The number of nitrogens with zero attached hydrogens (tertiary/aromatic N) is 2. The van der Waals surface area contributed by atoms with Crippen LogP contribution in [-0.2, 0) is 6.54 Å². The van der Waals surface area contributed by atoms with Gasteiger partial charge in [-0.15, -0.1) is 0 Å². The van der Waals surface area contributed by atoms with Crippen LogP contribution in [-0.4, -0.2) is 32.6 Å². The Morgan fingerprint density at radius 3 is 3.12 bits per heavy atom. The molecule has 0 aliphatic carbocycles. The third-order valence-corrected chi connectivity index (χ3v) is 4.68. The molecule has 0 spiro atoms. The fraction of sp³-hybridized carbons (Fsp3) is 0.389. The number of H-pyrrole nitrogens is 2. The van der Waals surface area contributed by atoms with Crippen molar-refractivity contribution in [2.75, 3.05) is 6.54 Å². The van der Waals surface area contributed by atoms with E-state index in [1.807, 2.05) is 19.1 Å². The molecule has 0 radical (unpaired) electrons. The Morgan fingerprint density at radius 1 is 1.36 bits per heavy atom. The molecule has 3 heterocycles. The summed E-state index contributed by atoms with van der Waals surface area (Å²) in [4.78, 5) is 20.3. The van der Waals surface area contributed by atoms with Gasteiger partial charge in [0.05, 0.1) is 35.0 Å². The first-order valence-electron chi connectivity index (χ1n) is 8.71. The van der Waals surface area contributed by atoms with E-state index in [1.54, 1.807) is 6.20 Å². The van der Waals surface area contributed by atoms with Gasteiger partial charge in [0.15, 0.2) is 0 Å². The molecule has 1 unspecified atom stereocenters. The number of nitrogens with one attached hydrogen (secondary N) is 4. The number of rotatable bonds is 4. The van der Waals surface area contributed by atoms with Crippen molar-refractivity contribution in [2.45, 2.75) is 38.8 Å². The maximum Gasteiger partial charge on any atom is 0.255 e. The Hall–Kier alpha value is -2.67. The maximum absolute atomic E-state index is 12.6. The Morgan fingerprint density at radius 2 is 2.28 bits per heavy atom. The second-order valence-corrected chi connectivity index (χ2v) is 6.59. The number of aromatic nitrogens is 4. The number of aryl methyl sites for hydroxylation is 1. The first-order chi connectivity index (χ1) is 12.2. The van der Waals surface area contributed by atoms with Crippen molar-refractivity contribution in [3.63, 3.8) is 0 Å². The number of carbonyl (C=O) groups is 1. The number of benzene rings is 1. The van der Waals surface area contributed by atoms with Crippen LogP contribution in [0.5, 0.6) is 0 Å². The van der Waals surface area contributed by atoms with Crippen molar-refractivity contribution in [1.29, 1.82) is 0 Å². The molecule has 7 nitrogen and oxygen atoms in total. The van der Waals surface area contributed by atoms with E-state index in [9.17, 15) is 4.79 Å². The summed E-state index contributed by atoms with van der Waals surface area (Å²) >= 11 is 0. The molecule has 1 aromatic carbocycles. The molecule has 130 valence electrons. The molecule has 1 saturated heterocycles. The highest BCUT2D eigenvalue weighted by Gasteiger charge is 2.23. The van der Waals surface area contributed by atoms with Crippen LogP contribution in [0.15, 0.2) is 24.4 Å². The van der Waals surface area contributed by atoms with Crippen LogP contribution in [0.1, 0.15) is 52.7 Å². The van der Waals surface area contributed by atoms with Gasteiger partial charge < -0.3 is 15.6 Å². The van der Waals surface area contributed by atoms with Crippen molar-refractivity contribution in [1.82, 2.24) is 30.8 Å². The average molecular weight is 338 g/mol. The standard InChI is InChI=1S/C18H22N6O/c1-11-5-6-13-15(8-11)23-16(22-13)10-20-18(25)12-9-21-24-17(12)14-4-2-3-7-19-14/h5-6,8-9,14,19H,2-4,7,10H2,1H3,(H,20,25)(H,21,24)(H,22,23). The van der Waals surface area contributed by atoms with Gasteiger partial charge in [0.2, 0.25) is 0 Å². The lowest BCUT2D eigenvalue weighted by atomic mass is 9.99. The number of amides is 1. The Balaban J connectivity index is 1.46. The first-order valence-corrected chi connectivity index (χ1v) is 8.71. The number of piperidine rings is 1. The molecule has 1 aliphatic heterocycles. The number of hydrogen-bond donors (Lipinski definition) is 4. The predicted molar refractivity (Wildman–Crippen MR) is 95.2 cm³/mol. The average Bonchev–Trinajstić information content (AvgIpc) is 3.26. The van der Waals surface area contributed by atoms with Gasteiger partial charge in [0.1, 0.15) is 5.82 Å². The minimum atomic E-state index is -0.132. The molecule has 7 heteroatoms. The van der Waals surface area contributed by atoms with Gasteiger partial charge in [0, 0.05) is 6.04 Å². The van der Waals surface area contributed by atoms with Crippen molar-refractivity contribution >= 4 is 16.9 Å². The molecule has 1 fully saturated rings. The monoisotopic (exact) mass is 338 g/mol. The van der Waals surface area contributed by atoms with Crippen LogP contribution in [0.2, 0.25) is 0 Å². The van der Waals surface area contributed by atoms with Crippen molar-refractivity contribution in [2.24, 2.45) is 0 Å². The number of hydrogen-bond acceptors (Lipinski definition) is 4. The number of carbonyl (C=O) groups excluding carboxylic acids is 1. The summed E-state index contributed by atoms with van der Waals surface area (Å²) in [5.74, 6) is 0.613. The number of aromatic amines is 2. The summed E-state index contributed by atoms with van der Waals surface area (Å²) in [5.41, 5.74) is 4.54. The topological polar surface area (TPSA) is 98.5 Å². The van der Waals surface area contributed by atoms with Crippen molar-refractivity contribution in [3.05, 3.63) is 47.0 Å². The van der Waals surface area contributed by atoms with Gasteiger partial charge in [-0.05, 0) is 44.0 Å². The molecule has 4 rings (SSSR count). The summed E-state index contributed by atoms with van der Waals surface area (Å²) in [6.45, 7) is 3.37. The Kier molecular flexibility index (Phi) is 4.23. The van der Waals surface area contributed by atoms with Crippen LogP contribution in [0.25, 0.3) is 11.0 Å². The Labute approximate surface area is 145 Å². The van der Waals surface area contributed by atoms with E-state index in [2.05, 4.69) is 36.9 Å². The van der Waals surface area contributed by atoms with Crippen LogP contribution >= 0.6 is 0 Å². The quantitative estimate of drug-likeness (QED) is 0.587. The second-order valence-electron chi connectivity index (χ2n) is 6.59. The highest BCUT2D eigenvalue weighted by atomic mass is 16.1. The van der Waals surface area contributed by atoms with Crippen molar-refractivity contribution < 1.29 is 4.79 Å². The molecule has 2 aromatic heterocycles. The van der Waals surface area contributed by atoms with Gasteiger partial charge in [-0.1, -0.05) is 12.5 Å². The van der Waals surface area contributed by atoms with E-state index in [1.165, 1.54) is 12.0 Å². The van der Waals surface area contributed by atoms with Crippen molar-refractivity contribution in [3.8, 4) is 0 Å². The fourth-order valence-corrected chi connectivity index (χ4v) is 3.36. The van der Waals surface area contributed by atoms with E-state index in [-0.39, 0.29) is 11.9 Å². The van der Waals surface area contributed by atoms with Gasteiger partial charge in [-0.3, -0.25) is 9.89 Å². The lowest BCUT2D eigenvalue weighted by molar-refractivity contribution is 0.0948. The minimum Gasteiger partial charge on any atom is -0.345 e. The third kappa shape index (κ3) is 3.28. The van der Waals surface area contributed by atoms with E-state index in [0.717, 1.165) is 41.9 Å². The van der Waals surface area contributed by atoms with Crippen LogP contribution in [0.3, 0.4) is 0 Å². The summed E-state index contributed by atoms with van der Waals surface area (Å²) < 4.78 is 0. The largest absolute Gasteiger partial charge is 0.345 e. The third-order valence-electron chi connectivity index (χ3n) is 4.68. The van der Waals surface area contributed by atoms with E-state index < -0.39 is 0 Å². The summed E-state index contributed by atoms with van der Waals surface area (Å²) in [6.07, 6.45) is 4.96. The van der Waals surface area contributed by atoms with Gasteiger partial charge in [0.25, 0.3) is 5.91 Å².